The van der Waals surface area contributed by atoms with Crippen LogP contribution in [-0.4, -0.2) is 38.5 Å². The highest BCUT2D eigenvalue weighted by atomic mass is 35.5. The Balaban J connectivity index is 1.40. The van der Waals surface area contributed by atoms with E-state index in [1.54, 1.807) is 24.4 Å². The molecule has 29 heavy (non-hydrogen) atoms. The van der Waals surface area contributed by atoms with Crippen LogP contribution in [-0.2, 0) is 6.42 Å². The molecule has 3 aromatic rings. The molecule has 1 fully saturated rings. The lowest BCUT2D eigenvalue weighted by atomic mass is 9.90. The molecular weight excluding hydrogens is 390 g/mol. The second-order valence-electron chi connectivity index (χ2n) is 7.60. The van der Waals surface area contributed by atoms with Gasteiger partial charge in [0.05, 0.1) is 28.3 Å². The van der Waals surface area contributed by atoms with Gasteiger partial charge in [-0.2, -0.15) is 10.2 Å². The smallest absolute Gasteiger partial charge is 0.254 e. The number of aromatic amines is 1. The maximum Gasteiger partial charge on any atom is 0.254 e. The fourth-order valence-electron chi connectivity index (χ4n) is 4.34. The second kappa shape index (κ2) is 7.05. The summed E-state index contributed by atoms with van der Waals surface area (Å²) in [6.07, 6.45) is 5.16. The standard InChI is InChI=1S/C21H18ClN5O2/c22-15-8-18(24-10-15)19-25-20(29-26-19)14-3-5-16-4-2-13-7-12(9-23)1-6-17(13)21(28)27(16)11-14/h1,6-8,10,14,16,24H,2-5,11H2/t14-,16?/m0/s1. The summed E-state index contributed by atoms with van der Waals surface area (Å²) < 4.78 is 5.52. The van der Waals surface area contributed by atoms with Gasteiger partial charge in [-0.1, -0.05) is 16.8 Å². The Bertz CT molecular complexity index is 1130. The highest BCUT2D eigenvalue weighted by Crippen LogP contribution is 2.35. The van der Waals surface area contributed by atoms with Crippen molar-refractivity contribution in [1.82, 2.24) is 20.0 Å². The van der Waals surface area contributed by atoms with Crippen LogP contribution in [0.15, 0.2) is 35.0 Å². The fourth-order valence-corrected chi connectivity index (χ4v) is 4.50. The minimum absolute atomic E-state index is 0.00168. The molecule has 1 N–H and O–H groups in total. The van der Waals surface area contributed by atoms with Crippen molar-refractivity contribution in [1.29, 1.82) is 5.26 Å². The minimum atomic E-state index is 0.00168. The lowest BCUT2D eigenvalue weighted by Crippen LogP contribution is -2.45. The molecule has 0 radical (unpaired) electrons. The van der Waals surface area contributed by atoms with Gasteiger partial charge < -0.3 is 14.4 Å². The Hall–Kier alpha value is -3.11. The molecule has 0 saturated carbocycles. The monoisotopic (exact) mass is 407 g/mol. The topological polar surface area (TPSA) is 98.8 Å². The van der Waals surface area contributed by atoms with Gasteiger partial charge in [-0.3, -0.25) is 4.79 Å². The lowest BCUT2D eigenvalue weighted by molar-refractivity contribution is 0.0570. The molecule has 0 aliphatic carbocycles. The Labute approximate surface area is 172 Å². The van der Waals surface area contributed by atoms with Gasteiger partial charge in [0.1, 0.15) is 0 Å². The van der Waals surface area contributed by atoms with Gasteiger partial charge in [0.15, 0.2) is 0 Å². The van der Waals surface area contributed by atoms with Gasteiger partial charge >= 0.3 is 0 Å². The highest BCUT2D eigenvalue weighted by Gasteiger charge is 2.37. The number of rotatable bonds is 2. The number of carbonyl (C=O) groups is 1. The number of hydrogen-bond acceptors (Lipinski definition) is 5. The number of amides is 1. The van der Waals surface area contributed by atoms with Crippen LogP contribution in [0.5, 0.6) is 0 Å². The van der Waals surface area contributed by atoms with E-state index >= 15 is 0 Å². The first kappa shape index (κ1) is 18.0. The molecule has 7 nitrogen and oxygen atoms in total. The third-order valence-electron chi connectivity index (χ3n) is 5.86. The van der Waals surface area contributed by atoms with E-state index in [9.17, 15) is 4.79 Å². The van der Waals surface area contributed by atoms with Crippen LogP contribution in [0.25, 0.3) is 11.5 Å². The van der Waals surface area contributed by atoms with Gasteiger partial charge in [0.2, 0.25) is 11.7 Å². The molecule has 2 aliphatic heterocycles. The summed E-state index contributed by atoms with van der Waals surface area (Å²) in [4.78, 5) is 22.7. The zero-order valence-corrected chi connectivity index (χ0v) is 16.3. The van der Waals surface area contributed by atoms with Crippen LogP contribution in [0.4, 0.5) is 0 Å². The Kier molecular flexibility index (Phi) is 4.36. The molecule has 2 atom stereocenters. The Morgan fingerprint density at radius 2 is 2.17 bits per heavy atom. The van der Waals surface area contributed by atoms with Crippen LogP contribution in [0, 0.1) is 11.3 Å². The average molecular weight is 408 g/mol. The molecule has 8 heteroatoms. The predicted molar refractivity (Wildman–Crippen MR) is 105 cm³/mol. The molecule has 1 saturated heterocycles. The second-order valence-corrected chi connectivity index (χ2v) is 8.03. The molecule has 2 aromatic heterocycles. The number of nitrogens with one attached hydrogen (secondary N) is 1. The Morgan fingerprint density at radius 1 is 1.28 bits per heavy atom. The van der Waals surface area contributed by atoms with Gasteiger partial charge in [0, 0.05) is 24.3 Å². The van der Waals surface area contributed by atoms with E-state index in [0.29, 0.717) is 40.1 Å². The summed E-state index contributed by atoms with van der Waals surface area (Å²) in [6, 6.07) is 9.44. The fraction of sp³-hybridized carbons (Fsp3) is 0.333. The number of aromatic nitrogens is 3. The molecule has 0 bridgehead atoms. The van der Waals surface area contributed by atoms with E-state index in [1.807, 2.05) is 11.0 Å². The number of nitriles is 1. The molecule has 0 spiro atoms. The predicted octanol–water partition coefficient (Wildman–Crippen LogP) is 3.92. The summed E-state index contributed by atoms with van der Waals surface area (Å²) in [5.41, 5.74) is 2.95. The summed E-state index contributed by atoms with van der Waals surface area (Å²) in [5, 5.41) is 13.8. The van der Waals surface area contributed by atoms with E-state index in [0.717, 1.165) is 31.2 Å². The molecular formula is C21H18ClN5O2. The number of nitrogens with zero attached hydrogens (tertiary/aromatic N) is 4. The SMILES string of the molecule is N#Cc1ccc2c(c1)CCC1CC[C@H](c3nc(-c4cc(Cl)c[nH]4)no3)CN1C2=O. The number of H-pyrrole nitrogens is 1. The van der Waals surface area contributed by atoms with Crippen molar-refractivity contribution in [2.24, 2.45) is 0 Å². The van der Waals surface area contributed by atoms with E-state index in [4.69, 9.17) is 21.4 Å². The third-order valence-corrected chi connectivity index (χ3v) is 6.08. The van der Waals surface area contributed by atoms with E-state index in [2.05, 4.69) is 21.2 Å². The molecule has 146 valence electrons. The number of hydrogen-bond donors (Lipinski definition) is 1. The van der Waals surface area contributed by atoms with Crippen molar-refractivity contribution < 1.29 is 9.32 Å². The largest absolute Gasteiger partial charge is 0.357 e. The average Bonchev–Trinajstić information content (AvgIpc) is 3.38. The first-order chi connectivity index (χ1) is 14.1. The van der Waals surface area contributed by atoms with Crippen LogP contribution in [0.1, 0.15) is 52.6 Å². The normalized spacial score (nSPS) is 21.2. The van der Waals surface area contributed by atoms with Gasteiger partial charge in [0.25, 0.3) is 5.91 Å². The first-order valence-electron chi connectivity index (χ1n) is 9.64. The van der Waals surface area contributed by atoms with Crippen molar-refractivity contribution >= 4 is 17.5 Å². The molecule has 4 heterocycles. The molecule has 1 unspecified atom stereocenters. The quantitative estimate of drug-likeness (QED) is 0.694. The molecule has 2 aliphatic rings. The van der Waals surface area contributed by atoms with Crippen LogP contribution in [0.2, 0.25) is 5.02 Å². The van der Waals surface area contributed by atoms with Crippen LogP contribution < -0.4 is 0 Å². The van der Waals surface area contributed by atoms with Crippen molar-refractivity contribution in [2.45, 2.75) is 37.6 Å². The maximum atomic E-state index is 13.2. The number of benzene rings is 1. The Morgan fingerprint density at radius 3 is 2.97 bits per heavy atom. The van der Waals surface area contributed by atoms with Gasteiger partial charge in [-0.05, 0) is 55.5 Å². The van der Waals surface area contributed by atoms with Crippen LogP contribution in [0.3, 0.4) is 0 Å². The lowest BCUT2D eigenvalue weighted by Gasteiger charge is -2.37. The first-order valence-corrected chi connectivity index (χ1v) is 10.0. The molecule has 1 aromatic carbocycles. The number of fused-ring (bicyclic) bond motifs is 2. The van der Waals surface area contributed by atoms with Gasteiger partial charge in [-0.25, -0.2) is 0 Å². The van der Waals surface area contributed by atoms with Crippen molar-refractivity contribution in [3.63, 3.8) is 0 Å². The van der Waals surface area contributed by atoms with Crippen molar-refractivity contribution in [3.8, 4) is 17.6 Å². The molecule has 5 rings (SSSR count). The third kappa shape index (κ3) is 3.19. The maximum absolute atomic E-state index is 13.2. The number of carbonyl (C=O) groups excluding carboxylic acids is 1. The number of aryl methyl sites for hydroxylation is 1. The summed E-state index contributed by atoms with van der Waals surface area (Å²) in [7, 11) is 0. The summed E-state index contributed by atoms with van der Waals surface area (Å²) in [5.74, 6) is 1.03. The van der Waals surface area contributed by atoms with Crippen molar-refractivity contribution in [2.75, 3.05) is 6.54 Å². The van der Waals surface area contributed by atoms with E-state index < -0.39 is 0 Å². The highest BCUT2D eigenvalue weighted by molar-refractivity contribution is 6.30. The number of piperidine rings is 1. The summed E-state index contributed by atoms with van der Waals surface area (Å²) >= 11 is 5.95. The van der Waals surface area contributed by atoms with E-state index in [-0.39, 0.29) is 17.9 Å². The minimum Gasteiger partial charge on any atom is -0.357 e. The van der Waals surface area contributed by atoms with Crippen LogP contribution >= 0.6 is 11.6 Å². The molecule has 1 amide bonds. The number of halogens is 1. The zero-order chi connectivity index (χ0) is 20.0. The van der Waals surface area contributed by atoms with E-state index in [1.165, 1.54) is 0 Å². The van der Waals surface area contributed by atoms with Crippen molar-refractivity contribution in [3.05, 3.63) is 58.1 Å². The van der Waals surface area contributed by atoms with Gasteiger partial charge in [-0.15, -0.1) is 0 Å². The summed E-state index contributed by atoms with van der Waals surface area (Å²) in [6.45, 7) is 0.552. The zero-order valence-electron chi connectivity index (χ0n) is 15.6.